The third kappa shape index (κ3) is 5.84. The molecule has 1 fully saturated rings. The van der Waals surface area contributed by atoms with Gasteiger partial charge in [0.15, 0.2) is 11.5 Å². The van der Waals surface area contributed by atoms with Crippen LogP contribution in [0.3, 0.4) is 0 Å². The third-order valence-corrected chi connectivity index (χ3v) is 5.96. The number of pyridine rings is 1. The van der Waals surface area contributed by atoms with E-state index in [1.165, 1.54) is 13.5 Å². The number of nitrogen functional groups attached to an aromatic ring is 1. The minimum Gasteiger partial charge on any atom is -0.493 e. The topological polar surface area (TPSA) is 104 Å². The summed E-state index contributed by atoms with van der Waals surface area (Å²) >= 11 is 0. The first kappa shape index (κ1) is 24.8. The highest BCUT2D eigenvalue weighted by Crippen LogP contribution is 2.36. The fraction of sp³-hybridized carbons (Fsp3) is 0.458. The first-order valence-electron chi connectivity index (χ1n) is 11.3. The van der Waals surface area contributed by atoms with Crippen LogP contribution in [0.1, 0.15) is 43.3 Å². The van der Waals surface area contributed by atoms with Crippen molar-refractivity contribution in [1.29, 1.82) is 0 Å². The van der Waals surface area contributed by atoms with Gasteiger partial charge in [0.05, 0.1) is 42.6 Å². The maximum Gasteiger partial charge on any atom is 0.416 e. The van der Waals surface area contributed by atoms with Crippen LogP contribution in [0.2, 0.25) is 0 Å². The Hall–Kier alpha value is -3.34. The lowest BCUT2D eigenvalue weighted by atomic mass is 9.82. The molecule has 1 aliphatic rings. The van der Waals surface area contributed by atoms with Gasteiger partial charge < -0.3 is 25.3 Å². The molecular weight excluding hydrogens is 463 g/mol. The van der Waals surface area contributed by atoms with Crippen molar-refractivity contribution in [3.05, 3.63) is 41.3 Å². The van der Waals surface area contributed by atoms with Crippen LogP contribution in [-0.4, -0.2) is 40.9 Å². The van der Waals surface area contributed by atoms with Gasteiger partial charge in [-0.1, -0.05) is 0 Å². The molecule has 35 heavy (non-hydrogen) atoms. The molecule has 11 heteroatoms. The van der Waals surface area contributed by atoms with Gasteiger partial charge in [0.1, 0.15) is 24.1 Å². The standard InChI is InChI=1S/C24H28F3N5O3/c1-14-30-18-12-19(33-3)20(34-7-8-35-23(2)5-4-6-23)11-17(18)22(31-14)29-13-16-9-15(24(25,26)27)10-21(28)32-16/h9-12H,4-8,13H2,1-3H3,(H2,28,32)(H,29,30,31). The van der Waals surface area contributed by atoms with Crippen LogP contribution in [0.5, 0.6) is 11.5 Å². The number of aromatic nitrogens is 3. The number of fused-ring (bicyclic) bond motifs is 1. The van der Waals surface area contributed by atoms with Gasteiger partial charge in [-0.25, -0.2) is 15.0 Å². The van der Waals surface area contributed by atoms with E-state index in [0.717, 1.165) is 25.0 Å². The maximum atomic E-state index is 13.1. The molecule has 0 unspecified atom stereocenters. The van der Waals surface area contributed by atoms with Crippen LogP contribution in [-0.2, 0) is 17.5 Å². The van der Waals surface area contributed by atoms with Gasteiger partial charge in [-0.15, -0.1) is 0 Å². The summed E-state index contributed by atoms with van der Waals surface area (Å²) in [5.74, 6) is 1.69. The number of alkyl halides is 3. The predicted octanol–water partition coefficient (Wildman–Crippen LogP) is 4.89. The number of methoxy groups -OCH3 is 1. The van der Waals surface area contributed by atoms with Crippen LogP contribution in [0.4, 0.5) is 24.8 Å². The minimum atomic E-state index is -4.52. The Labute approximate surface area is 201 Å². The lowest BCUT2D eigenvalue weighted by molar-refractivity contribution is -0.137. The van der Waals surface area contributed by atoms with Crippen molar-refractivity contribution in [3.63, 3.8) is 0 Å². The summed E-state index contributed by atoms with van der Waals surface area (Å²) in [7, 11) is 1.54. The number of ether oxygens (including phenoxy) is 3. The zero-order chi connectivity index (χ0) is 25.2. The highest BCUT2D eigenvalue weighted by molar-refractivity contribution is 5.91. The second kappa shape index (κ2) is 9.73. The number of aryl methyl sites for hydroxylation is 1. The first-order chi connectivity index (χ1) is 16.6. The molecule has 0 spiro atoms. The number of rotatable bonds is 9. The molecule has 2 aromatic heterocycles. The van der Waals surface area contributed by atoms with Crippen molar-refractivity contribution in [2.24, 2.45) is 0 Å². The van der Waals surface area contributed by atoms with E-state index < -0.39 is 11.7 Å². The van der Waals surface area contributed by atoms with Crippen molar-refractivity contribution in [3.8, 4) is 11.5 Å². The number of hydrogen-bond donors (Lipinski definition) is 2. The van der Waals surface area contributed by atoms with Crippen molar-refractivity contribution in [2.75, 3.05) is 31.4 Å². The van der Waals surface area contributed by atoms with Crippen molar-refractivity contribution in [2.45, 2.75) is 51.4 Å². The molecule has 0 aliphatic heterocycles. The number of nitrogens with zero attached hydrogens (tertiary/aromatic N) is 3. The Kier molecular flexibility index (Phi) is 6.88. The molecule has 188 valence electrons. The smallest absolute Gasteiger partial charge is 0.416 e. The zero-order valence-electron chi connectivity index (χ0n) is 19.8. The SMILES string of the molecule is COc1cc2nc(C)nc(NCc3cc(C(F)(F)F)cc(N)n3)c2cc1OCCOC1(C)CCC1. The number of halogens is 3. The minimum absolute atomic E-state index is 0.0195. The molecular formula is C24H28F3N5O3. The van der Waals surface area contributed by atoms with E-state index >= 15 is 0 Å². The van der Waals surface area contributed by atoms with E-state index in [-0.39, 0.29) is 23.7 Å². The normalized spacial score (nSPS) is 15.0. The first-order valence-corrected chi connectivity index (χ1v) is 11.3. The highest BCUT2D eigenvalue weighted by Gasteiger charge is 2.32. The van der Waals surface area contributed by atoms with Gasteiger partial charge in [0, 0.05) is 11.5 Å². The van der Waals surface area contributed by atoms with E-state index in [2.05, 4.69) is 27.2 Å². The molecule has 0 amide bonds. The second-order valence-corrected chi connectivity index (χ2v) is 8.76. The Bertz CT molecular complexity index is 1220. The Morgan fingerprint density at radius 1 is 1.06 bits per heavy atom. The predicted molar refractivity (Wildman–Crippen MR) is 126 cm³/mol. The van der Waals surface area contributed by atoms with E-state index in [4.69, 9.17) is 19.9 Å². The molecule has 0 atom stereocenters. The largest absolute Gasteiger partial charge is 0.493 e. The van der Waals surface area contributed by atoms with E-state index in [1.54, 1.807) is 19.1 Å². The monoisotopic (exact) mass is 491 g/mol. The summed E-state index contributed by atoms with van der Waals surface area (Å²) in [6.45, 7) is 4.57. The number of nitrogens with one attached hydrogen (secondary N) is 1. The van der Waals surface area contributed by atoms with Crippen molar-refractivity contribution >= 4 is 22.5 Å². The molecule has 0 saturated heterocycles. The van der Waals surface area contributed by atoms with Gasteiger partial charge in [-0.2, -0.15) is 13.2 Å². The summed E-state index contributed by atoms with van der Waals surface area (Å²) < 4.78 is 56.8. The van der Waals surface area contributed by atoms with Gasteiger partial charge in [-0.3, -0.25) is 0 Å². The second-order valence-electron chi connectivity index (χ2n) is 8.76. The van der Waals surface area contributed by atoms with Crippen LogP contribution >= 0.6 is 0 Å². The Morgan fingerprint density at radius 2 is 1.83 bits per heavy atom. The van der Waals surface area contributed by atoms with Crippen LogP contribution in [0.15, 0.2) is 24.3 Å². The quantitative estimate of drug-likeness (QED) is 0.408. The summed E-state index contributed by atoms with van der Waals surface area (Å²) in [4.78, 5) is 12.9. The molecule has 1 aliphatic carbocycles. The van der Waals surface area contributed by atoms with Crippen LogP contribution in [0, 0.1) is 6.92 Å². The van der Waals surface area contributed by atoms with Gasteiger partial charge in [-0.05, 0) is 51.3 Å². The van der Waals surface area contributed by atoms with Crippen molar-refractivity contribution < 1.29 is 27.4 Å². The van der Waals surface area contributed by atoms with Gasteiger partial charge in [0.25, 0.3) is 0 Å². The third-order valence-electron chi connectivity index (χ3n) is 5.96. The molecule has 1 saturated carbocycles. The van der Waals surface area contributed by atoms with Gasteiger partial charge in [0.2, 0.25) is 0 Å². The molecule has 0 bridgehead atoms. The summed E-state index contributed by atoms with van der Waals surface area (Å²) in [5, 5.41) is 3.68. The zero-order valence-corrected chi connectivity index (χ0v) is 19.8. The molecule has 8 nitrogen and oxygen atoms in total. The lowest BCUT2D eigenvalue weighted by Crippen LogP contribution is -2.37. The molecule has 4 rings (SSSR count). The molecule has 1 aromatic carbocycles. The van der Waals surface area contributed by atoms with E-state index in [1.807, 2.05) is 0 Å². The Balaban J connectivity index is 1.55. The number of nitrogens with two attached hydrogens (primary N) is 1. The summed E-state index contributed by atoms with van der Waals surface area (Å²) in [6, 6.07) is 5.24. The van der Waals surface area contributed by atoms with Crippen LogP contribution in [0.25, 0.3) is 10.9 Å². The van der Waals surface area contributed by atoms with Crippen LogP contribution < -0.4 is 20.5 Å². The highest BCUT2D eigenvalue weighted by atomic mass is 19.4. The van der Waals surface area contributed by atoms with Crippen molar-refractivity contribution in [1.82, 2.24) is 15.0 Å². The molecule has 0 radical (unpaired) electrons. The Morgan fingerprint density at radius 3 is 2.49 bits per heavy atom. The average molecular weight is 492 g/mol. The maximum absolute atomic E-state index is 13.1. The summed E-state index contributed by atoms with van der Waals surface area (Å²) in [6.07, 6.45) is -1.25. The average Bonchev–Trinajstić information content (AvgIpc) is 2.77. The number of anilines is 2. The fourth-order valence-electron chi connectivity index (χ4n) is 3.96. The van der Waals surface area contributed by atoms with E-state index in [0.29, 0.717) is 47.3 Å². The number of benzene rings is 1. The molecule has 2 heterocycles. The molecule has 3 aromatic rings. The van der Waals surface area contributed by atoms with E-state index in [9.17, 15) is 13.2 Å². The fourth-order valence-corrected chi connectivity index (χ4v) is 3.96. The number of hydrogen-bond acceptors (Lipinski definition) is 8. The molecule has 3 N–H and O–H groups in total. The van der Waals surface area contributed by atoms with Gasteiger partial charge >= 0.3 is 6.18 Å². The summed E-state index contributed by atoms with van der Waals surface area (Å²) in [5.41, 5.74) is 5.39. The lowest BCUT2D eigenvalue weighted by Gasteiger charge is -2.38.